The fourth-order valence-corrected chi connectivity index (χ4v) is 4.93. The van der Waals surface area contributed by atoms with Gasteiger partial charge in [-0.15, -0.1) is 10.2 Å². The Morgan fingerprint density at radius 3 is 2.43 bits per heavy atom. The number of hydrogen-bond acceptors (Lipinski definition) is 6. The molecule has 1 aliphatic rings. The van der Waals surface area contributed by atoms with Gasteiger partial charge in [0.25, 0.3) is 0 Å². The summed E-state index contributed by atoms with van der Waals surface area (Å²) in [5.74, 6) is 0.289. The Morgan fingerprint density at radius 1 is 1.07 bits per heavy atom. The van der Waals surface area contributed by atoms with Crippen molar-refractivity contribution in [1.82, 2.24) is 19.4 Å². The van der Waals surface area contributed by atoms with Crippen molar-refractivity contribution in [1.29, 1.82) is 0 Å². The molecular weight excluding hydrogens is 431 g/mol. The maximum atomic E-state index is 13.3. The molecule has 10 heteroatoms. The first-order chi connectivity index (χ1) is 14.3. The second kappa shape index (κ2) is 8.43. The van der Waals surface area contributed by atoms with Crippen LogP contribution >= 0.6 is 11.6 Å². The van der Waals surface area contributed by atoms with Gasteiger partial charge >= 0.3 is 0 Å². The van der Waals surface area contributed by atoms with Crippen LogP contribution in [0, 0.1) is 12.7 Å². The normalized spacial score (nSPS) is 16.1. The third kappa shape index (κ3) is 4.39. The van der Waals surface area contributed by atoms with Crippen molar-refractivity contribution in [2.45, 2.75) is 18.4 Å². The molecule has 7 nitrogen and oxygen atoms in total. The van der Waals surface area contributed by atoms with Gasteiger partial charge in [-0.1, -0.05) is 29.3 Å². The van der Waals surface area contributed by atoms with Gasteiger partial charge in [-0.05, 0) is 37.3 Å². The smallest absolute Gasteiger partial charge is 0.247 e. The van der Waals surface area contributed by atoms with E-state index >= 15 is 0 Å². The Labute approximate surface area is 179 Å². The molecule has 0 saturated carbocycles. The zero-order chi connectivity index (χ0) is 21.3. The molecule has 0 radical (unpaired) electrons. The Kier molecular flexibility index (Phi) is 5.88. The molecule has 2 heterocycles. The van der Waals surface area contributed by atoms with Gasteiger partial charge in [0.05, 0.1) is 16.5 Å². The molecule has 1 saturated heterocycles. The fraction of sp³-hybridized carbons (Fsp3) is 0.300. The van der Waals surface area contributed by atoms with Crippen LogP contribution in [0.2, 0.25) is 5.02 Å². The Hall–Kier alpha value is -2.33. The van der Waals surface area contributed by atoms with Crippen molar-refractivity contribution in [2.75, 3.05) is 26.2 Å². The number of aryl methyl sites for hydroxylation is 1. The summed E-state index contributed by atoms with van der Waals surface area (Å²) in [6.45, 7) is 4.07. The van der Waals surface area contributed by atoms with Crippen LogP contribution in [0.25, 0.3) is 11.5 Å². The van der Waals surface area contributed by atoms with Gasteiger partial charge in [-0.3, -0.25) is 4.90 Å². The van der Waals surface area contributed by atoms with Crippen LogP contribution in [0.15, 0.2) is 51.8 Å². The first-order valence-corrected chi connectivity index (χ1v) is 11.2. The van der Waals surface area contributed by atoms with Gasteiger partial charge in [0.2, 0.25) is 21.8 Å². The Bertz CT molecular complexity index is 1140. The van der Waals surface area contributed by atoms with Crippen LogP contribution in [0.5, 0.6) is 0 Å². The van der Waals surface area contributed by atoms with E-state index in [4.69, 9.17) is 16.0 Å². The molecule has 3 aromatic rings. The average Bonchev–Trinajstić information content (AvgIpc) is 3.19. The number of piperazine rings is 1. The van der Waals surface area contributed by atoms with E-state index in [1.165, 1.54) is 10.4 Å². The molecular formula is C20H20ClFN4O3S. The lowest BCUT2D eigenvalue weighted by Gasteiger charge is -2.33. The quantitative estimate of drug-likeness (QED) is 0.593. The molecule has 0 bridgehead atoms. The highest BCUT2D eigenvalue weighted by atomic mass is 35.5. The van der Waals surface area contributed by atoms with Crippen molar-refractivity contribution in [3.05, 3.63) is 64.8 Å². The summed E-state index contributed by atoms with van der Waals surface area (Å²) in [6, 6.07) is 11.3. The highest BCUT2D eigenvalue weighted by Crippen LogP contribution is 2.24. The van der Waals surface area contributed by atoms with E-state index in [0.717, 1.165) is 23.3 Å². The van der Waals surface area contributed by atoms with Gasteiger partial charge in [0.15, 0.2) is 0 Å². The van der Waals surface area contributed by atoms with Crippen molar-refractivity contribution < 1.29 is 17.2 Å². The Balaban J connectivity index is 1.38. The van der Waals surface area contributed by atoms with Crippen LogP contribution < -0.4 is 0 Å². The lowest BCUT2D eigenvalue weighted by atomic mass is 10.1. The zero-order valence-corrected chi connectivity index (χ0v) is 17.8. The van der Waals surface area contributed by atoms with Crippen LogP contribution in [-0.4, -0.2) is 54.0 Å². The molecule has 4 rings (SSSR count). The Morgan fingerprint density at radius 2 is 1.77 bits per heavy atom. The predicted molar refractivity (Wildman–Crippen MR) is 110 cm³/mol. The zero-order valence-electron chi connectivity index (χ0n) is 16.3. The monoisotopic (exact) mass is 450 g/mol. The molecule has 0 atom stereocenters. The number of rotatable bonds is 5. The lowest BCUT2D eigenvalue weighted by molar-refractivity contribution is 0.168. The molecule has 0 spiro atoms. The van der Waals surface area contributed by atoms with E-state index in [2.05, 4.69) is 15.1 Å². The molecule has 0 unspecified atom stereocenters. The number of hydrogen-bond donors (Lipinski definition) is 0. The van der Waals surface area contributed by atoms with Crippen LogP contribution in [0.4, 0.5) is 4.39 Å². The molecule has 1 aliphatic heterocycles. The predicted octanol–water partition coefficient (Wildman–Crippen LogP) is 3.34. The van der Waals surface area contributed by atoms with Crippen molar-refractivity contribution in [3.8, 4) is 11.5 Å². The number of benzene rings is 2. The van der Waals surface area contributed by atoms with Crippen molar-refractivity contribution in [3.63, 3.8) is 0 Å². The van der Waals surface area contributed by atoms with Crippen molar-refractivity contribution in [2.24, 2.45) is 0 Å². The molecule has 2 aromatic carbocycles. The number of aromatic nitrogens is 2. The maximum absolute atomic E-state index is 13.3. The van der Waals surface area contributed by atoms with E-state index in [-0.39, 0.29) is 9.92 Å². The van der Waals surface area contributed by atoms with E-state index in [1.54, 1.807) is 0 Å². The van der Waals surface area contributed by atoms with Crippen LogP contribution in [0.3, 0.4) is 0 Å². The minimum Gasteiger partial charge on any atom is -0.419 e. The van der Waals surface area contributed by atoms with Crippen LogP contribution in [-0.2, 0) is 16.6 Å². The van der Waals surface area contributed by atoms with Gasteiger partial charge in [-0.25, -0.2) is 12.8 Å². The second-order valence-corrected chi connectivity index (χ2v) is 9.47. The molecule has 0 N–H and O–H groups in total. The molecule has 1 fully saturated rings. The molecule has 30 heavy (non-hydrogen) atoms. The van der Waals surface area contributed by atoms with E-state index in [0.29, 0.717) is 44.5 Å². The lowest BCUT2D eigenvalue weighted by Crippen LogP contribution is -2.48. The van der Waals surface area contributed by atoms with E-state index in [9.17, 15) is 12.8 Å². The third-order valence-corrected chi connectivity index (χ3v) is 7.17. The highest BCUT2D eigenvalue weighted by Gasteiger charge is 2.29. The van der Waals surface area contributed by atoms with Crippen LogP contribution in [0.1, 0.15) is 11.5 Å². The number of nitrogens with zero attached hydrogens (tertiary/aromatic N) is 4. The minimum absolute atomic E-state index is 0.0120. The molecule has 0 amide bonds. The largest absolute Gasteiger partial charge is 0.419 e. The summed E-state index contributed by atoms with van der Waals surface area (Å²) in [5, 5.41) is 7.99. The number of halogens is 2. The molecule has 1 aromatic heterocycles. The molecule has 0 aliphatic carbocycles. The fourth-order valence-electron chi connectivity index (χ4n) is 3.24. The summed E-state index contributed by atoms with van der Waals surface area (Å²) >= 11 is 5.74. The van der Waals surface area contributed by atoms with E-state index in [1.807, 2.05) is 31.2 Å². The minimum atomic E-state index is -3.73. The van der Waals surface area contributed by atoms with Gasteiger partial charge < -0.3 is 4.42 Å². The van der Waals surface area contributed by atoms with Crippen molar-refractivity contribution >= 4 is 21.6 Å². The second-order valence-electron chi connectivity index (χ2n) is 7.12. The first-order valence-electron chi connectivity index (χ1n) is 9.40. The summed E-state index contributed by atoms with van der Waals surface area (Å²) < 4.78 is 46.0. The topological polar surface area (TPSA) is 79.5 Å². The van der Waals surface area contributed by atoms with Gasteiger partial charge in [0, 0.05) is 31.7 Å². The van der Waals surface area contributed by atoms with E-state index < -0.39 is 15.8 Å². The summed E-state index contributed by atoms with van der Waals surface area (Å²) in [5.41, 5.74) is 2.00. The summed E-state index contributed by atoms with van der Waals surface area (Å²) in [7, 11) is -3.73. The standard InChI is InChI=1S/C20H20ClFN4O3S/c1-14-2-4-15(5-3-14)20-24-23-19(29-20)13-25-8-10-26(11-9-25)30(27,28)16-6-7-18(22)17(21)12-16/h2-7,12H,8-11,13H2,1H3. The first kappa shape index (κ1) is 20.9. The highest BCUT2D eigenvalue weighted by molar-refractivity contribution is 7.89. The summed E-state index contributed by atoms with van der Waals surface area (Å²) in [6.07, 6.45) is 0. The van der Waals surface area contributed by atoms with Gasteiger partial charge in [-0.2, -0.15) is 4.31 Å². The van der Waals surface area contributed by atoms with Gasteiger partial charge in [0.1, 0.15) is 5.82 Å². The third-order valence-electron chi connectivity index (χ3n) is 4.98. The molecule has 158 valence electrons. The average molecular weight is 451 g/mol. The summed E-state index contributed by atoms with van der Waals surface area (Å²) in [4.78, 5) is 2.04. The number of sulfonamides is 1. The SMILES string of the molecule is Cc1ccc(-c2nnc(CN3CCN(S(=O)(=O)c4ccc(F)c(Cl)c4)CC3)o2)cc1. The maximum Gasteiger partial charge on any atom is 0.247 e.